The quantitative estimate of drug-likeness (QED) is 0.825. The number of benzene rings is 1. The summed E-state index contributed by atoms with van der Waals surface area (Å²) in [5.41, 5.74) is 1.80. The molecular formula is C14H16N2O4. The smallest absolute Gasteiger partial charge is 0.410 e. The Labute approximate surface area is 116 Å². The molecule has 0 fully saturated rings. The van der Waals surface area contributed by atoms with Crippen LogP contribution in [-0.4, -0.2) is 41.8 Å². The van der Waals surface area contributed by atoms with Crippen molar-refractivity contribution in [2.24, 2.45) is 0 Å². The number of aromatic carboxylic acids is 1. The molecule has 0 atom stereocenters. The van der Waals surface area contributed by atoms with Crippen LogP contribution in [0.25, 0.3) is 0 Å². The first-order valence-electron chi connectivity index (χ1n) is 6.24. The normalized spacial score (nSPS) is 13.7. The van der Waals surface area contributed by atoms with E-state index in [-0.39, 0.29) is 12.2 Å². The van der Waals surface area contributed by atoms with Crippen LogP contribution in [0.2, 0.25) is 0 Å². The van der Waals surface area contributed by atoms with Gasteiger partial charge in [0.05, 0.1) is 12.1 Å². The van der Waals surface area contributed by atoms with Gasteiger partial charge in [0.25, 0.3) is 0 Å². The van der Waals surface area contributed by atoms with Crippen LogP contribution in [0.5, 0.6) is 0 Å². The van der Waals surface area contributed by atoms with Gasteiger partial charge in [0.15, 0.2) is 0 Å². The minimum Gasteiger partial charge on any atom is -0.478 e. The fourth-order valence-corrected chi connectivity index (χ4v) is 2.02. The second-order valence-corrected chi connectivity index (χ2v) is 4.39. The van der Waals surface area contributed by atoms with Crippen LogP contribution in [0.1, 0.15) is 15.9 Å². The van der Waals surface area contributed by atoms with Gasteiger partial charge in [0.2, 0.25) is 0 Å². The van der Waals surface area contributed by atoms with Crippen LogP contribution in [0.15, 0.2) is 30.9 Å². The minimum absolute atomic E-state index is 0.158. The average Bonchev–Trinajstić information content (AvgIpc) is 2.65. The van der Waals surface area contributed by atoms with E-state index in [1.54, 1.807) is 18.2 Å². The Kier molecular flexibility index (Phi) is 4.24. The number of carbonyl (C=O) groups is 2. The molecule has 0 radical (unpaired) electrons. The molecule has 0 saturated heterocycles. The molecular weight excluding hydrogens is 260 g/mol. The minimum atomic E-state index is -0.988. The van der Waals surface area contributed by atoms with Crippen molar-refractivity contribution >= 4 is 17.7 Å². The molecule has 0 unspecified atom stereocenters. The molecule has 1 aliphatic rings. The molecule has 1 aromatic carbocycles. The molecule has 0 aliphatic carbocycles. The van der Waals surface area contributed by atoms with Gasteiger partial charge in [-0.05, 0) is 23.8 Å². The Bertz CT molecular complexity index is 542. The second kappa shape index (κ2) is 6.10. The molecule has 1 amide bonds. The van der Waals surface area contributed by atoms with Crippen molar-refractivity contribution in [2.75, 3.05) is 25.0 Å². The summed E-state index contributed by atoms with van der Waals surface area (Å²) in [7, 11) is 0. The fraction of sp³-hybridized carbons (Fsp3) is 0.286. The molecule has 0 aromatic heterocycles. The number of hydrogen-bond donors (Lipinski definition) is 2. The van der Waals surface area contributed by atoms with Gasteiger partial charge in [-0.3, -0.25) is 0 Å². The highest BCUT2D eigenvalue weighted by Crippen LogP contribution is 2.22. The maximum absolute atomic E-state index is 11.9. The van der Waals surface area contributed by atoms with Gasteiger partial charge in [-0.15, -0.1) is 0 Å². The predicted octanol–water partition coefficient (Wildman–Crippen LogP) is 1.93. The molecule has 106 valence electrons. The van der Waals surface area contributed by atoms with Crippen LogP contribution in [-0.2, 0) is 11.3 Å². The van der Waals surface area contributed by atoms with Gasteiger partial charge in [0.1, 0.15) is 6.61 Å². The third-order valence-electron chi connectivity index (χ3n) is 2.99. The topological polar surface area (TPSA) is 78.9 Å². The number of rotatable bonds is 3. The zero-order valence-electron chi connectivity index (χ0n) is 11.0. The van der Waals surface area contributed by atoms with Crippen molar-refractivity contribution in [3.8, 4) is 0 Å². The lowest BCUT2D eigenvalue weighted by Crippen LogP contribution is -2.33. The zero-order valence-corrected chi connectivity index (χ0v) is 11.0. The highest BCUT2D eigenvalue weighted by Gasteiger charge is 2.20. The molecule has 1 aromatic rings. The molecule has 2 rings (SSSR count). The Balaban J connectivity index is 2.19. The van der Waals surface area contributed by atoms with E-state index >= 15 is 0 Å². The number of carboxylic acids is 1. The lowest BCUT2D eigenvalue weighted by molar-refractivity contribution is 0.0696. The number of fused-ring (bicyclic) bond motifs is 1. The van der Waals surface area contributed by atoms with E-state index in [4.69, 9.17) is 9.84 Å². The van der Waals surface area contributed by atoms with E-state index in [1.807, 2.05) is 0 Å². The van der Waals surface area contributed by atoms with Crippen molar-refractivity contribution in [1.29, 1.82) is 0 Å². The average molecular weight is 276 g/mol. The fourth-order valence-electron chi connectivity index (χ4n) is 2.02. The first kappa shape index (κ1) is 13.9. The van der Waals surface area contributed by atoms with E-state index < -0.39 is 12.1 Å². The van der Waals surface area contributed by atoms with Crippen LogP contribution in [0.3, 0.4) is 0 Å². The van der Waals surface area contributed by atoms with Crippen LogP contribution < -0.4 is 5.32 Å². The molecule has 1 heterocycles. The number of nitrogens with one attached hydrogen (secondary N) is 1. The van der Waals surface area contributed by atoms with Gasteiger partial charge < -0.3 is 20.1 Å². The van der Waals surface area contributed by atoms with Crippen LogP contribution >= 0.6 is 0 Å². The monoisotopic (exact) mass is 276 g/mol. The molecule has 1 aliphatic heterocycles. The van der Waals surface area contributed by atoms with E-state index in [9.17, 15) is 9.59 Å². The Morgan fingerprint density at radius 3 is 3.00 bits per heavy atom. The molecule has 2 N–H and O–H groups in total. The Hall–Kier alpha value is -2.50. The summed E-state index contributed by atoms with van der Waals surface area (Å²) in [5.74, 6) is -0.988. The number of nitrogens with zero attached hydrogens (tertiary/aromatic N) is 1. The number of ether oxygens (including phenoxy) is 1. The molecule has 20 heavy (non-hydrogen) atoms. The largest absolute Gasteiger partial charge is 0.478 e. The van der Waals surface area contributed by atoms with Gasteiger partial charge in [0, 0.05) is 18.8 Å². The maximum Gasteiger partial charge on any atom is 0.410 e. The summed E-state index contributed by atoms with van der Waals surface area (Å²) < 4.78 is 5.00. The third-order valence-corrected chi connectivity index (χ3v) is 2.99. The highest BCUT2D eigenvalue weighted by atomic mass is 16.6. The van der Waals surface area contributed by atoms with Gasteiger partial charge in [-0.1, -0.05) is 12.7 Å². The number of carboxylic acid groups (broad SMARTS) is 1. The highest BCUT2D eigenvalue weighted by molar-refractivity contribution is 5.88. The molecule has 0 spiro atoms. The number of amides is 1. The Morgan fingerprint density at radius 1 is 1.50 bits per heavy atom. The van der Waals surface area contributed by atoms with Crippen molar-refractivity contribution in [1.82, 2.24) is 4.90 Å². The van der Waals surface area contributed by atoms with Gasteiger partial charge in [-0.25, -0.2) is 9.59 Å². The summed E-state index contributed by atoms with van der Waals surface area (Å²) in [6.07, 6.45) is 1.07. The zero-order chi connectivity index (χ0) is 14.5. The summed E-state index contributed by atoms with van der Waals surface area (Å²) in [6.45, 7) is 5.05. The van der Waals surface area contributed by atoms with E-state index in [0.29, 0.717) is 19.6 Å². The summed E-state index contributed by atoms with van der Waals surface area (Å²) in [4.78, 5) is 24.4. The standard InChI is InChI=1S/C14H16N2O4/c1-2-7-20-14(19)16-6-5-15-12-4-3-10(13(17)18)8-11(12)9-16/h2-4,8,15H,1,5-7,9H2,(H,17,18). The third kappa shape index (κ3) is 3.09. The lowest BCUT2D eigenvalue weighted by atomic mass is 10.1. The van der Waals surface area contributed by atoms with Crippen LogP contribution in [0.4, 0.5) is 10.5 Å². The van der Waals surface area contributed by atoms with Crippen molar-refractivity contribution in [2.45, 2.75) is 6.54 Å². The number of carbonyl (C=O) groups excluding carboxylic acids is 1. The SMILES string of the molecule is C=CCOC(=O)N1CCNc2ccc(C(=O)O)cc2C1. The molecule has 0 bridgehead atoms. The van der Waals surface area contributed by atoms with E-state index in [1.165, 1.54) is 11.0 Å². The first-order valence-corrected chi connectivity index (χ1v) is 6.24. The lowest BCUT2D eigenvalue weighted by Gasteiger charge is -2.19. The molecule has 6 nitrogen and oxygen atoms in total. The predicted molar refractivity (Wildman–Crippen MR) is 73.8 cm³/mol. The van der Waals surface area contributed by atoms with Crippen LogP contribution in [0, 0.1) is 0 Å². The summed E-state index contributed by atoms with van der Waals surface area (Å²) in [6, 6.07) is 4.83. The summed E-state index contributed by atoms with van der Waals surface area (Å²) >= 11 is 0. The molecule has 6 heteroatoms. The first-order chi connectivity index (χ1) is 9.61. The van der Waals surface area contributed by atoms with Crippen molar-refractivity contribution < 1.29 is 19.4 Å². The van der Waals surface area contributed by atoms with Gasteiger partial charge in [-0.2, -0.15) is 0 Å². The summed E-state index contributed by atoms with van der Waals surface area (Å²) in [5, 5.41) is 12.2. The maximum atomic E-state index is 11.9. The molecule has 0 saturated carbocycles. The van der Waals surface area contributed by atoms with Crippen molar-refractivity contribution in [3.63, 3.8) is 0 Å². The number of hydrogen-bond acceptors (Lipinski definition) is 4. The van der Waals surface area contributed by atoms with Gasteiger partial charge >= 0.3 is 12.1 Å². The Morgan fingerprint density at radius 2 is 2.30 bits per heavy atom. The van der Waals surface area contributed by atoms with E-state index in [0.717, 1.165) is 11.3 Å². The van der Waals surface area contributed by atoms with Crippen molar-refractivity contribution in [3.05, 3.63) is 42.0 Å². The second-order valence-electron chi connectivity index (χ2n) is 4.39. The number of anilines is 1. The van der Waals surface area contributed by atoms with E-state index in [2.05, 4.69) is 11.9 Å².